The average Bonchev–Trinajstić information content (AvgIpc) is 2.75. The van der Waals surface area contributed by atoms with E-state index in [-0.39, 0.29) is 18.1 Å². The van der Waals surface area contributed by atoms with E-state index in [1.807, 2.05) is 0 Å². The first kappa shape index (κ1) is 20.7. The third-order valence-electron chi connectivity index (χ3n) is 4.87. The SMILES string of the molecule is CC(NP(NC(C)c1ccccc1)NC(C)c1ccccc1)c1ccccc1. The molecule has 4 heteroatoms. The van der Waals surface area contributed by atoms with Gasteiger partial charge in [0.2, 0.25) is 0 Å². The molecule has 0 aromatic heterocycles. The molecule has 0 heterocycles. The van der Waals surface area contributed by atoms with E-state index in [4.69, 9.17) is 0 Å². The van der Waals surface area contributed by atoms with E-state index < -0.39 is 8.37 Å². The molecule has 28 heavy (non-hydrogen) atoms. The van der Waals surface area contributed by atoms with Gasteiger partial charge in [-0.05, 0) is 37.5 Å². The van der Waals surface area contributed by atoms with Crippen molar-refractivity contribution in [1.29, 1.82) is 0 Å². The van der Waals surface area contributed by atoms with Crippen molar-refractivity contribution in [2.45, 2.75) is 38.9 Å². The largest absolute Gasteiger partial charge is 0.264 e. The molecule has 0 aliphatic rings. The minimum absolute atomic E-state index is 0.248. The fourth-order valence-corrected chi connectivity index (χ4v) is 4.97. The molecule has 3 aromatic carbocycles. The summed E-state index contributed by atoms with van der Waals surface area (Å²) in [5.41, 5.74) is 3.87. The van der Waals surface area contributed by atoms with Crippen LogP contribution in [0.4, 0.5) is 0 Å². The molecule has 0 spiro atoms. The van der Waals surface area contributed by atoms with Gasteiger partial charge in [-0.2, -0.15) is 0 Å². The number of rotatable bonds is 9. The summed E-state index contributed by atoms with van der Waals surface area (Å²) in [4.78, 5) is 0. The summed E-state index contributed by atoms with van der Waals surface area (Å²) in [6.07, 6.45) is 0. The Bertz CT molecular complexity index is 698. The summed E-state index contributed by atoms with van der Waals surface area (Å²) in [7, 11) is -0.800. The molecule has 3 N–H and O–H groups in total. The van der Waals surface area contributed by atoms with Gasteiger partial charge in [0.1, 0.15) is 8.37 Å². The molecule has 0 bridgehead atoms. The van der Waals surface area contributed by atoms with Gasteiger partial charge in [-0.25, -0.2) is 0 Å². The van der Waals surface area contributed by atoms with Crippen LogP contribution in [0.3, 0.4) is 0 Å². The molecule has 0 amide bonds. The number of hydrogen-bond acceptors (Lipinski definition) is 3. The zero-order chi connectivity index (χ0) is 19.8. The molecule has 0 fully saturated rings. The predicted octanol–water partition coefficient (Wildman–Crippen LogP) is 6.27. The van der Waals surface area contributed by atoms with Crippen molar-refractivity contribution >= 4 is 8.37 Å². The van der Waals surface area contributed by atoms with Gasteiger partial charge in [-0.3, -0.25) is 15.3 Å². The van der Waals surface area contributed by atoms with E-state index in [1.54, 1.807) is 0 Å². The van der Waals surface area contributed by atoms with Crippen LogP contribution in [0.25, 0.3) is 0 Å². The topological polar surface area (TPSA) is 36.1 Å². The highest BCUT2D eigenvalue weighted by Gasteiger charge is 2.19. The molecular weight excluding hydrogens is 361 g/mol. The van der Waals surface area contributed by atoms with Crippen LogP contribution in [0.1, 0.15) is 55.6 Å². The summed E-state index contributed by atoms with van der Waals surface area (Å²) in [5.74, 6) is 0. The zero-order valence-corrected chi connectivity index (χ0v) is 17.7. The minimum Gasteiger partial charge on any atom is -0.264 e. The van der Waals surface area contributed by atoms with E-state index >= 15 is 0 Å². The Morgan fingerprint density at radius 3 is 0.964 bits per heavy atom. The lowest BCUT2D eigenvalue weighted by Crippen LogP contribution is -2.32. The Labute approximate surface area is 170 Å². The Hall–Kier alpha value is -2.03. The summed E-state index contributed by atoms with van der Waals surface area (Å²) < 4.78 is 0. The van der Waals surface area contributed by atoms with Gasteiger partial charge in [0.15, 0.2) is 0 Å². The van der Waals surface area contributed by atoms with E-state index in [1.165, 1.54) is 16.7 Å². The lowest BCUT2D eigenvalue weighted by molar-refractivity contribution is 0.652. The summed E-state index contributed by atoms with van der Waals surface area (Å²) in [5, 5.41) is 11.3. The zero-order valence-electron chi connectivity index (χ0n) is 16.8. The van der Waals surface area contributed by atoms with Crippen LogP contribution >= 0.6 is 8.37 Å². The molecule has 3 nitrogen and oxygen atoms in total. The molecule has 3 atom stereocenters. The normalized spacial score (nSPS) is 15.5. The smallest absolute Gasteiger partial charge is 0.113 e. The number of nitrogens with one attached hydrogen (secondary N) is 3. The highest BCUT2D eigenvalue weighted by Crippen LogP contribution is 2.33. The third-order valence-corrected chi connectivity index (χ3v) is 6.80. The van der Waals surface area contributed by atoms with Crippen LogP contribution in [-0.4, -0.2) is 0 Å². The maximum atomic E-state index is 3.78. The van der Waals surface area contributed by atoms with Gasteiger partial charge < -0.3 is 0 Å². The first-order chi connectivity index (χ1) is 13.6. The monoisotopic (exact) mass is 391 g/mol. The van der Waals surface area contributed by atoms with Crippen LogP contribution in [0.2, 0.25) is 0 Å². The molecule has 146 valence electrons. The van der Waals surface area contributed by atoms with Gasteiger partial charge in [0, 0.05) is 18.1 Å². The highest BCUT2D eigenvalue weighted by molar-refractivity contribution is 7.51. The molecule has 3 rings (SSSR count). The van der Waals surface area contributed by atoms with Crippen LogP contribution in [0, 0.1) is 0 Å². The van der Waals surface area contributed by atoms with E-state index in [9.17, 15) is 0 Å². The fraction of sp³-hybridized carbons (Fsp3) is 0.250. The van der Waals surface area contributed by atoms with Crippen LogP contribution < -0.4 is 15.3 Å². The van der Waals surface area contributed by atoms with E-state index in [0.29, 0.717) is 0 Å². The molecule has 0 saturated heterocycles. The van der Waals surface area contributed by atoms with Crippen LogP contribution in [0.5, 0.6) is 0 Å². The van der Waals surface area contributed by atoms with Gasteiger partial charge in [0.25, 0.3) is 0 Å². The summed E-state index contributed by atoms with van der Waals surface area (Å²) >= 11 is 0. The van der Waals surface area contributed by atoms with Crippen LogP contribution in [0.15, 0.2) is 91.0 Å². The molecule has 0 aliphatic heterocycles. The Balaban J connectivity index is 1.73. The second-order valence-electron chi connectivity index (χ2n) is 7.12. The molecular formula is C24H30N3P. The van der Waals surface area contributed by atoms with Gasteiger partial charge in [-0.15, -0.1) is 0 Å². The molecule has 0 aliphatic carbocycles. The number of hydrogen-bond donors (Lipinski definition) is 3. The van der Waals surface area contributed by atoms with Gasteiger partial charge >= 0.3 is 0 Å². The molecule has 0 saturated carbocycles. The Kier molecular flexibility index (Phi) is 7.76. The standard InChI is InChI=1S/C24H30N3P/c1-19(22-13-7-4-8-14-22)25-28(26-20(2)23-15-9-5-10-16-23)27-21(3)24-17-11-6-12-18-24/h4-21,25-27H,1-3H3. The lowest BCUT2D eigenvalue weighted by atomic mass is 10.1. The second kappa shape index (κ2) is 10.5. The second-order valence-corrected chi connectivity index (χ2v) is 8.57. The van der Waals surface area contributed by atoms with Crippen molar-refractivity contribution in [3.05, 3.63) is 108 Å². The third kappa shape index (κ3) is 5.98. The Morgan fingerprint density at radius 2 is 0.714 bits per heavy atom. The van der Waals surface area contributed by atoms with Crippen molar-refractivity contribution in [3.8, 4) is 0 Å². The van der Waals surface area contributed by atoms with Crippen molar-refractivity contribution < 1.29 is 0 Å². The highest BCUT2D eigenvalue weighted by atomic mass is 31.1. The van der Waals surface area contributed by atoms with Crippen molar-refractivity contribution in [2.75, 3.05) is 0 Å². The van der Waals surface area contributed by atoms with Crippen molar-refractivity contribution in [2.24, 2.45) is 0 Å². The van der Waals surface area contributed by atoms with Crippen LogP contribution in [-0.2, 0) is 0 Å². The van der Waals surface area contributed by atoms with E-state index in [2.05, 4.69) is 127 Å². The molecule has 3 aromatic rings. The minimum atomic E-state index is -0.800. The quantitative estimate of drug-likeness (QED) is 0.377. The fourth-order valence-electron chi connectivity index (χ4n) is 3.14. The maximum absolute atomic E-state index is 3.78. The van der Waals surface area contributed by atoms with Gasteiger partial charge in [-0.1, -0.05) is 91.0 Å². The number of benzene rings is 3. The van der Waals surface area contributed by atoms with Crippen molar-refractivity contribution in [3.63, 3.8) is 0 Å². The van der Waals surface area contributed by atoms with E-state index in [0.717, 1.165) is 0 Å². The Morgan fingerprint density at radius 1 is 0.464 bits per heavy atom. The maximum Gasteiger partial charge on any atom is 0.113 e. The summed E-state index contributed by atoms with van der Waals surface area (Å²) in [6.45, 7) is 6.65. The molecule has 0 radical (unpaired) electrons. The predicted molar refractivity (Wildman–Crippen MR) is 121 cm³/mol. The van der Waals surface area contributed by atoms with Gasteiger partial charge in [0.05, 0.1) is 0 Å². The lowest BCUT2D eigenvalue weighted by Gasteiger charge is -2.30. The summed E-state index contributed by atoms with van der Waals surface area (Å²) in [6, 6.07) is 32.5. The average molecular weight is 391 g/mol. The first-order valence-corrected chi connectivity index (χ1v) is 11.2. The van der Waals surface area contributed by atoms with Crippen molar-refractivity contribution in [1.82, 2.24) is 15.3 Å². The molecule has 3 unspecified atom stereocenters. The first-order valence-electron chi connectivity index (χ1n) is 9.87.